The van der Waals surface area contributed by atoms with Crippen LogP contribution >= 0.6 is 0 Å². The zero-order chi connectivity index (χ0) is 25.2. The van der Waals surface area contributed by atoms with E-state index in [1.807, 2.05) is 36.4 Å². The molecule has 5 rings (SSSR count). The van der Waals surface area contributed by atoms with Crippen molar-refractivity contribution < 1.29 is 9.84 Å². The van der Waals surface area contributed by atoms with E-state index in [4.69, 9.17) is 10.5 Å². The number of fused-ring (bicyclic) bond motifs is 1. The highest BCUT2D eigenvalue weighted by Crippen LogP contribution is 2.33. The molecule has 0 bridgehead atoms. The van der Waals surface area contributed by atoms with Gasteiger partial charge in [-0.15, -0.1) is 6.58 Å². The van der Waals surface area contributed by atoms with Gasteiger partial charge < -0.3 is 15.6 Å². The molecule has 36 heavy (non-hydrogen) atoms. The third kappa shape index (κ3) is 4.26. The van der Waals surface area contributed by atoms with E-state index in [2.05, 4.69) is 45.7 Å². The highest BCUT2D eigenvalue weighted by molar-refractivity contribution is 5.71. The number of benzene rings is 2. The fourth-order valence-electron chi connectivity index (χ4n) is 4.94. The topological polar surface area (TPSA) is 131 Å². The van der Waals surface area contributed by atoms with E-state index in [0.29, 0.717) is 13.1 Å². The minimum absolute atomic E-state index is 0.0954. The normalized spacial score (nSPS) is 18.6. The van der Waals surface area contributed by atoms with E-state index < -0.39 is 23.6 Å². The van der Waals surface area contributed by atoms with Gasteiger partial charge in [-0.1, -0.05) is 66.7 Å². The quantitative estimate of drug-likeness (QED) is 0.337. The van der Waals surface area contributed by atoms with Crippen molar-refractivity contribution in [3.63, 3.8) is 0 Å². The second-order valence-corrected chi connectivity index (χ2v) is 8.75. The number of hydrogen-bond acceptors (Lipinski definition) is 7. The first-order valence-electron chi connectivity index (χ1n) is 11.7. The molecular formula is C26H28N6O4. The van der Waals surface area contributed by atoms with Crippen molar-refractivity contribution in [1.29, 1.82) is 0 Å². The number of aliphatic hydroxyl groups is 1. The van der Waals surface area contributed by atoms with Gasteiger partial charge in [-0.3, -0.25) is 19.2 Å². The van der Waals surface area contributed by atoms with Gasteiger partial charge in [0.15, 0.2) is 17.4 Å². The summed E-state index contributed by atoms with van der Waals surface area (Å²) in [5.74, 6) is -0.102. The molecule has 2 unspecified atom stereocenters. The van der Waals surface area contributed by atoms with Crippen LogP contribution in [0.25, 0.3) is 11.2 Å². The Bertz CT molecular complexity index is 1440. The number of anilines is 1. The molecule has 1 fully saturated rings. The fourth-order valence-corrected chi connectivity index (χ4v) is 4.94. The van der Waals surface area contributed by atoms with Gasteiger partial charge in [0.05, 0.1) is 18.8 Å². The maximum absolute atomic E-state index is 13.5. The van der Waals surface area contributed by atoms with E-state index in [9.17, 15) is 14.7 Å². The molecule has 1 aliphatic heterocycles. The van der Waals surface area contributed by atoms with Gasteiger partial charge in [-0.2, -0.15) is 4.98 Å². The van der Waals surface area contributed by atoms with E-state index in [1.165, 1.54) is 15.2 Å². The number of hydrogen-bond donors (Lipinski definition) is 3. The van der Waals surface area contributed by atoms with Gasteiger partial charge in [0.25, 0.3) is 5.56 Å². The van der Waals surface area contributed by atoms with Crippen LogP contribution in [-0.2, 0) is 11.3 Å². The molecule has 0 saturated carbocycles. The summed E-state index contributed by atoms with van der Waals surface area (Å²) in [5.41, 5.74) is 7.21. The zero-order valence-electron chi connectivity index (χ0n) is 19.7. The van der Waals surface area contributed by atoms with Crippen LogP contribution in [0.4, 0.5) is 5.95 Å². The number of aromatic amines is 1. The second-order valence-electron chi connectivity index (χ2n) is 8.75. The Kier molecular flexibility index (Phi) is 6.55. The molecule has 0 spiro atoms. The van der Waals surface area contributed by atoms with Crippen LogP contribution < -0.4 is 17.0 Å². The van der Waals surface area contributed by atoms with Crippen LogP contribution in [-0.4, -0.2) is 54.9 Å². The maximum atomic E-state index is 13.5. The summed E-state index contributed by atoms with van der Waals surface area (Å²) in [7, 11) is 0. The Hall–Kier alpha value is -3.99. The van der Waals surface area contributed by atoms with Crippen molar-refractivity contribution >= 4 is 17.1 Å². The second kappa shape index (κ2) is 9.94. The largest absolute Gasteiger partial charge is 0.394 e. The van der Waals surface area contributed by atoms with Crippen molar-refractivity contribution in [3.05, 3.63) is 105 Å². The van der Waals surface area contributed by atoms with Gasteiger partial charge in [0.1, 0.15) is 0 Å². The smallest absolute Gasteiger partial charge is 0.332 e. The monoisotopic (exact) mass is 488 g/mol. The number of rotatable bonds is 7. The van der Waals surface area contributed by atoms with Crippen molar-refractivity contribution in [2.45, 2.75) is 24.9 Å². The SMILES string of the molecule is C=CCn1c(=O)n(C2CN(C(c3ccccc3)c3ccccc3)CC(CO)O2)c2nc(N)[nH]c(=O)c21. The number of ether oxygens (including phenoxy) is 1. The third-order valence-electron chi connectivity index (χ3n) is 6.41. The zero-order valence-corrected chi connectivity index (χ0v) is 19.7. The summed E-state index contributed by atoms with van der Waals surface area (Å²) in [6.07, 6.45) is 0.148. The van der Waals surface area contributed by atoms with Crippen LogP contribution in [0.15, 0.2) is 82.9 Å². The lowest BCUT2D eigenvalue weighted by Gasteiger charge is -2.42. The third-order valence-corrected chi connectivity index (χ3v) is 6.41. The van der Waals surface area contributed by atoms with E-state index in [-0.39, 0.29) is 36.3 Å². The molecule has 186 valence electrons. The fraction of sp³-hybridized carbons (Fsp3) is 0.269. The first-order valence-corrected chi connectivity index (χ1v) is 11.7. The standard InChI is InChI=1S/C26H28N6O4/c1-2-13-31-22-23(28-25(27)29-24(22)34)32(26(31)35)20-15-30(14-19(16-33)36-20)21(17-9-5-3-6-10-17)18-11-7-4-8-12-18/h2-12,19-21,33H,1,13-16H2,(H3,27,28,29,34). The molecule has 0 radical (unpaired) electrons. The molecule has 4 aromatic rings. The van der Waals surface area contributed by atoms with Crippen molar-refractivity contribution in [3.8, 4) is 0 Å². The number of nitrogens with two attached hydrogens (primary N) is 1. The van der Waals surface area contributed by atoms with Crippen molar-refractivity contribution in [2.24, 2.45) is 0 Å². The van der Waals surface area contributed by atoms with Gasteiger partial charge in [-0.05, 0) is 11.1 Å². The molecule has 1 saturated heterocycles. The predicted molar refractivity (Wildman–Crippen MR) is 137 cm³/mol. The Labute approximate surface area is 206 Å². The molecule has 0 amide bonds. The van der Waals surface area contributed by atoms with Crippen molar-refractivity contribution in [1.82, 2.24) is 24.0 Å². The number of aliphatic hydroxyl groups excluding tert-OH is 1. The Morgan fingerprint density at radius 2 is 1.75 bits per heavy atom. The molecule has 2 aromatic carbocycles. The number of morpholine rings is 1. The average molecular weight is 489 g/mol. The predicted octanol–water partition coefficient (Wildman–Crippen LogP) is 1.64. The summed E-state index contributed by atoms with van der Waals surface area (Å²) >= 11 is 0. The highest BCUT2D eigenvalue weighted by atomic mass is 16.5. The maximum Gasteiger partial charge on any atom is 0.332 e. The average Bonchev–Trinajstić information content (AvgIpc) is 3.16. The lowest BCUT2D eigenvalue weighted by molar-refractivity contribution is -0.140. The Morgan fingerprint density at radius 1 is 1.11 bits per heavy atom. The summed E-state index contributed by atoms with van der Waals surface area (Å²) in [4.78, 5) is 35.2. The van der Waals surface area contributed by atoms with Crippen LogP contribution in [0.2, 0.25) is 0 Å². The minimum atomic E-state index is -0.819. The number of nitrogen functional groups attached to an aromatic ring is 1. The lowest BCUT2D eigenvalue weighted by atomic mass is 9.96. The summed E-state index contributed by atoms with van der Waals surface area (Å²) < 4.78 is 8.83. The molecule has 3 heterocycles. The number of nitrogens with one attached hydrogen (secondary N) is 1. The molecule has 2 aromatic heterocycles. The number of H-pyrrole nitrogens is 1. The first kappa shape index (κ1) is 23.7. The Morgan fingerprint density at radius 3 is 2.33 bits per heavy atom. The summed E-state index contributed by atoms with van der Waals surface area (Å²) in [5, 5.41) is 10.1. The number of allylic oxidation sites excluding steroid dienone is 1. The molecule has 10 nitrogen and oxygen atoms in total. The van der Waals surface area contributed by atoms with E-state index in [0.717, 1.165) is 11.1 Å². The molecule has 4 N–H and O–H groups in total. The van der Waals surface area contributed by atoms with Crippen LogP contribution in [0.5, 0.6) is 0 Å². The van der Waals surface area contributed by atoms with Crippen molar-refractivity contribution in [2.75, 3.05) is 25.4 Å². The van der Waals surface area contributed by atoms with Gasteiger partial charge in [0.2, 0.25) is 5.95 Å². The van der Waals surface area contributed by atoms with Gasteiger partial charge in [-0.25, -0.2) is 9.36 Å². The van der Waals surface area contributed by atoms with E-state index >= 15 is 0 Å². The number of aromatic nitrogens is 4. The van der Waals surface area contributed by atoms with Crippen LogP contribution in [0, 0.1) is 0 Å². The summed E-state index contributed by atoms with van der Waals surface area (Å²) in [6, 6.07) is 19.9. The number of imidazole rings is 1. The summed E-state index contributed by atoms with van der Waals surface area (Å²) in [6.45, 7) is 4.34. The van der Waals surface area contributed by atoms with Gasteiger partial charge >= 0.3 is 5.69 Å². The van der Waals surface area contributed by atoms with E-state index in [1.54, 1.807) is 0 Å². The molecular weight excluding hydrogens is 460 g/mol. The Balaban J connectivity index is 1.64. The minimum Gasteiger partial charge on any atom is -0.394 e. The molecule has 1 aliphatic rings. The first-order chi connectivity index (χ1) is 17.5. The lowest BCUT2D eigenvalue weighted by Crippen LogP contribution is -2.50. The van der Waals surface area contributed by atoms with Crippen LogP contribution in [0.1, 0.15) is 23.4 Å². The molecule has 2 atom stereocenters. The number of nitrogens with zero attached hydrogens (tertiary/aromatic N) is 4. The van der Waals surface area contributed by atoms with Crippen LogP contribution in [0.3, 0.4) is 0 Å². The molecule has 0 aliphatic carbocycles. The molecule has 10 heteroatoms. The van der Waals surface area contributed by atoms with Gasteiger partial charge in [0, 0.05) is 19.6 Å². The highest BCUT2D eigenvalue weighted by Gasteiger charge is 2.36.